The maximum Gasteiger partial charge on any atom is 0.228 e. The number of rotatable bonds is 4. The number of hydrogen-bond donors (Lipinski definition) is 0. The molecule has 1 atom stereocenters. The van der Waals surface area contributed by atoms with Crippen molar-refractivity contribution in [2.75, 3.05) is 17.2 Å². The van der Waals surface area contributed by atoms with E-state index >= 15 is 0 Å². The third-order valence-electron chi connectivity index (χ3n) is 4.61. The molecule has 1 heterocycles. The summed E-state index contributed by atoms with van der Waals surface area (Å²) in [7, 11) is -3.45. The lowest BCUT2D eigenvalue weighted by atomic mass is 9.94. The van der Waals surface area contributed by atoms with Gasteiger partial charge in [0.15, 0.2) is 9.84 Å². The molecule has 5 heteroatoms. The third-order valence-corrected chi connectivity index (χ3v) is 6.34. The normalized spacial score (nSPS) is 17.2. The molecular formula is C20H23NO3S. The zero-order valence-electron chi connectivity index (χ0n) is 14.6. The van der Waals surface area contributed by atoms with Gasteiger partial charge in [-0.1, -0.05) is 42.8 Å². The molecular weight excluding hydrogens is 334 g/mol. The molecule has 1 unspecified atom stereocenters. The van der Waals surface area contributed by atoms with Gasteiger partial charge in [-0.2, -0.15) is 0 Å². The van der Waals surface area contributed by atoms with Gasteiger partial charge in [-0.15, -0.1) is 0 Å². The van der Waals surface area contributed by atoms with Gasteiger partial charge in [-0.3, -0.25) is 4.79 Å². The number of amides is 1. The molecule has 1 aliphatic rings. The minimum Gasteiger partial charge on any atom is -0.312 e. The van der Waals surface area contributed by atoms with E-state index in [1.807, 2.05) is 31.2 Å². The molecule has 2 aromatic carbocycles. The number of benzene rings is 2. The lowest BCUT2D eigenvalue weighted by molar-refractivity contribution is -0.118. The fourth-order valence-electron chi connectivity index (χ4n) is 3.25. The smallest absolute Gasteiger partial charge is 0.228 e. The Hall–Kier alpha value is -2.14. The van der Waals surface area contributed by atoms with Gasteiger partial charge >= 0.3 is 0 Å². The van der Waals surface area contributed by atoms with Crippen LogP contribution in [0.5, 0.6) is 0 Å². The lowest BCUT2D eigenvalue weighted by Crippen LogP contribution is -2.39. The van der Waals surface area contributed by atoms with Crippen LogP contribution in [0.2, 0.25) is 0 Å². The average molecular weight is 357 g/mol. The summed E-state index contributed by atoms with van der Waals surface area (Å²) in [4.78, 5) is 14.7. The van der Waals surface area contributed by atoms with Gasteiger partial charge in [0.2, 0.25) is 5.91 Å². The number of carbonyl (C=O) groups is 1. The number of anilines is 1. The molecule has 0 spiro atoms. The van der Waals surface area contributed by atoms with Crippen molar-refractivity contribution < 1.29 is 13.2 Å². The van der Waals surface area contributed by atoms with Crippen LogP contribution in [0.4, 0.5) is 5.69 Å². The number of carbonyl (C=O) groups excluding carboxylic acids is 1. The monoisotopic (exact) mass is 357 g/mol. The molecule has 0 radical (unpaired) electrons. The summed E-state index contributed by atoms with van der Waals surface area (Å²) >= 11 is 0. The molecule has 2 aromatic rings. The predicted molar refractivity (Wildman–Crippen MR) is 99.5 cm³/mol. The van der Waals surface area contributed by atoms with Crippen molar-refractivity contribution in [3.8, 4) is 0 Å². The summed E-state index contributed by atoms with van der Waals surface area (Å²) in [6, 6.07) is 14.6. The van der Waals surface area contributed by atoms with Crippen molar-refractivity contribution in [1.29, 1.82) is 0 Å². The Morgan fingerprint density at radius 1 is 1.12 bits per heavy atom. The van der Waals surface area contributed by atoms with Crippen molar-refractivity contribution in [1.82, 2.24) is 0 Å². The molecule has 132 valence electrons. The Morgan fingerprint density at radius 2 is 1.80 bits per heavy atom. The molecule has 0 fully saturated rings. The standard InChI is InChI=1S/C20H23NO3S/c1-15-7-9-18(10-8-15)25(23,24)12-11-20(22)21-14-16(2)13-17-5-3-4-6-19(17)21/h3-10,16H,11-14H2,1-2H3. The summed E-state index contributed by atoms with van der Waals surface area (Å²) in [6.45, 7) is 4.66. The van der Waals surface area contributed by atoms with Crippen LogP contribution in [-0.4, -0.2) is 26.6 Å². The highest BCUT2D eigenvalue weighted by Gasteiger charge is 2.27. The third kappa shape index (κ3) is 3.93. The molecule has 0 saturated carbocycles. The van der Waals surface area contributed by atoms with E-state index in [1.54, 1.807) is 29.2 Å². The first kappa shape index (κ1) is 17.7. The maximum absolute atomic E-state index is 12.7. The topological polar surface area (TPSA) is 54.5 Å². The van der Waals surface area contributed by atoms with Gasteiger partial charge < -0.3 is 4.90 Å². The van der Waals surface area contributed by atoms with Crippen molar-refractivity contribution in [3.63, 3.8) is 0 Å². The van der Waals surface area contributed by atoms with Gasteiger partial charge in [0.1, 0.15) is 0 Å². The number of fused-ring (bicyclic) bond motifs is 1. The van der Waals surface area contributed by atoms with Gasteiger partial charge in [-0.05, 0) is 43.0 Å². The summed E-state index contributed by atoms with van der Waals surface area (Å²) in [6.07, 6.45) is 0.943. The summed E-state index contributed by atoms with van der Waals surface area (Å²) in [5.74, 6) is 0.0734. The molecule has 0 N–H and O–H groups in total. The first-order chi connectivity index (χ1) is 11.9. The Balaban J connectivity index is 1.74. The minimum atomic E-state index is -3.45. The highest BCUT2D eigenvalue weighted by atomic mass is 32.2. The van der Waals surface area contributed by atoms with E-state index in [2.05, 4.69) is 6.92 Å². The number of para-hydroxylation sites is 1. The quantitative estimate of drug-likeness (QED) is 0.843. The number of sulfone groups is 1. The van der Waals surface area contributed by atoms with Crippen LogP contribution in [0.25, 0.3) is 0 Å². The van der Waals surface area contributed by atoms with E-state index in [1.165, 1.54) is 0 Å². The van der Waals surface area contributed by atoms with E-state index in [0.717, 1.165) is 23.2 Å². The van der Waals surface area contributed by atoms with Crippen molar-refractivity contribution in [2.45, 2.75) is 31.6 Å². The van der Waals surface area contributed by atoms with E-state index in [4.69, 9.17) is 0 Å². The molecule has 0 saturated heterocycles. The zero-order chi connectivity index (χ0) is 18.0. The van der Waals surface area contributed by atoms with E-state index in [9.17, 15) is 13.2 Å². The highest BCUT2D eigenvalue weighted by Crippen LogP contribution is 2.30. The molecule has 1 amide bonds. The number of aryl methyl sites for hydroxylation is 1. The molecule has 25 heavy (non-hydrogen) atoms. The second-order valence-corrected chi connectivity index (χ2v) is 8.93. The van der Waals surface area contributed by atoms with E-state index in [0.29, 0.717) is 12.5 Å². The Bertz CT molecular complexity index is 872. The van der Waals surface area contributed by atoms with Gasteiger partial charge in [0, 0.05) is 18.7 Å². The van der Waals surface area contributed by atoms with Crippen LogP contribution in [0, 0.1) is 12.8 Å². The molecule has 4 nitrogen and oxygen atoms in total. The van der Waals surface area contributed by atoms with Crippen molar-refractivity contribution in [3.05, 3.63) is 59.7 Å². The van der Waals surface area contributed by atoms with E-state index < -0.39 is 9.84 Å². The Morgan fingerprint density at radius 3 is 2.52 bits per heavy atom. The van der Waals surface area contributed by atoms with Crippen LogP contribution < -0.4 is 4.90 Å². The second-order valence-electron chi connectivity index (χ2n) is 6.82. The minimum absolute atomic E-state index is 0.00271. The maximum atomic E-state index is 12.7. The number of hydrogen-bond acceptors (Lipinski definition) is 3. The van der Waals surface area contributed by atoms with Crippen LogP contribution in [-0.2, 0) is 21.1 Å². The van der Waals surface area contributed by atoms with Crippen molar-refractivity contribution in [2.24, 2.45) is 5.92 Å². The summed E-state index contributed by atoms with van der Waals surface area (Å²) in [5.41, 5.74) is 3.07. The Labute approximate surface area is 149 Å². The Kier molecular flexibility index (Phi) is 4.95. The fraction of sp³-hybridized carbons (Fsp3) is 0.350. The van der Waals surface area contributed by atoms with Crippen LogP contribution >= 0.6 is 0 Å². The first-order valence-corrected chi connectivity index (χ1v) is 10.2. The van der Waals surface area contributed by atoms with Gasteiger partial charge in [0.05, 0.1) is 10.6 Å². The largest absolute Gasteiger partial charge is 0.312 e. The summed E-state index contributed by atoms with van der Waals surface area (Å²) in [5, 5.41) is 0. The molecule has 0 bridgehead atoms. The highest BCUT2D eigenvalue weighted by molar-refractivity contribution is 7.91. The predicted octanol–water partition coefficient (Wildman–Crippen LogP) is 3.38. The molecule has 0 aromatic heterocycles. The van der Waals surface area contributed by atoms with Gasteiger partial charge in [-0.25, -0.2) is 8.42 Å². The molecule has 3 rings (SSSR count). The number of nitrogens with zero attached hydrogens (tertiary/aromatic N) is 1. The summed E-state index contributed by atoms with van der Waals surface area (Å²) < 4.78 is 24.9. The van der Waals surface area contributed by atoms with Crippen molar-refractivity contribution >= 4 is 21.4 Å². The van der Waals surface area contributed by atoms with Crippen LogP contribution in [0.15, 0.2) is 53.4 Å². The lowest BCUT2D eigenvalue weighted by Gasteiger charge is -2.33. The second kappa shape index (κ2) is 7.00. The van der Waals surface area contributed by atoms with Gasteiger partial charge in [0.25, 0.3) is 0 Å². The first-order valence-electron chi connectivity index (χ1n) is 8.54. The molecule has 1 aliphatic heterocycles. The van der Waals surface area contributed by atoms with E-state index in [-0.39, 0.29) is 23.0 Å². The average Bonchev–Trinajstić information content (AvgIpc) is 2.59. The van der Waals surface area contributed by atoms with Crippen LogP contribution in [0.3, 0.4) is 0 Å². The van der Waals surface area contributed by atoms with Crippen LogP contribution in [0.1, 0.15) is 24.5 Å². The fourth-order valence-corrected chi connectivity index (χ4v) is 4.48. The SMILES string of the molecule is Cc1ccc(S(=O)(=O)CCC(=O)N2CC(C)Cc3ccccc32)cc1. The zero-order valence-corrected chi connectivity index (χ0v) is 15.4. The molecule has 0 aliphatic carbocycles.